The number of rotatable bonds is 3. The number of methoxy groups -OCH3 is 1. The first-order valence-electron chi connectivity index (χ1n) is 4.86. The van der Waals surface area contributed by atoms with E-state index in [0.29, 0.717) is 0 Å². The van der Waals surface area contributed by atoms with Gasteiger partial charge in [-0.3, -0.25) is 4.99 Å². The standard InChI is InChI=1S/C11H14N2OS/c1-14-9-5-3-2-4-8(9)6-11-13-10(12)7-15-11/h2-5,10H,6-7,12H2,1H3. The van der Waals surface area contributed by atoms with Crippen molar-refractivity contribution in [3.05, 3.63) is 29.8 Å². The smallest absolute Gasteiger partial charge is 0.122 e. The SMILES string of the molecule is COc1ccccc1CC1=NC(N)CS1. The summed E-state index contributed by atoms with van der Waals surface area (Å²) >= 11 is 1.73. The molecule has 3 nitrogen and oxygen atoms in total. The van der Waals surface area contributed by atoms with E-state index in [2.05, 4.69) is 11.1 Å². The molecule has 1 aromatic rings. The van der Waals surface area contributed by atoms with Crippen LogP contribution < -0.4 is 10.5 Å². The Kier molecular flexibility index (Phi) is 3.28. The maximum absolute atomic E-state index is 5.71. The second-order valence-corrected chi connectivity index (χ2v) is 4.48. The van der Waals surface area contributed by atoms with Gasteiger partial charge in [-0.15, -0.1) is 11.8 Å². The van der Waals surface area contributed by atoms with Gasteiger partial charge in [0, 0.05) is 17.7 Å². The average Bonchev–Trinajstić information content (AvgIpc) is 2.65. The zero-order valence-electron chi connectivity index (χ0n) is 8.64. The van der Waals surface area contributed by atoms with Gasteiger partial charge in [-0.1, -0.05) is 18.2 Å². The number of hydrogen-bond donors (Lipinski definition) is 1. The monoisotopic (exact) mass is 222 g/mol. The largest absolute Gasteiger partial charge is 0.496 e. The van der Waals surface area contributed by atoms with E-state index in [9.17, 15) is 0 Å². The molecule has 0 spiro atoms. The van der Waals surface area contributed by atoms with Crippen LogP contribution in [0.1, 0.15) is 5.56 Å². The van der Waals surface area contributed by atoms with Crippen LogP contribution in [0, 0.1) is 0 Å². The van der Waals surface area contributed by atoms with E-state index in [1.165, 1.54) is 5.56 Å². The molecule has 0 aliphatic carbocycles. The molecule has 2 N–H and O–H groups in total. The van der Waals surface area contributed by atoms with Gasteiger partial charge in [0.25, 0.3) is 0 Å². The van der Waals surface area contributed by atoms with Crippen molar-refractivity contribution < 1.29 is 4.74 Å². The summed E-state index contributed by atoms with van der Waals surface area (Å²) in [5.41, 5.74) is 6.88. The van der Waals surface area contributed by atoms with E-state index < -0.39 is 0 Å². The average molecular weight is 222 g/mol. The molecule has 1 unspecified atom stereocenters. The number of nitrogens with two attached hydrogens (primary N) is 1. The van der Waals surface area contributed by atoms with Crippen LogP contribution in [0.4, 0.5) is 0 Å². The fourth-order valence-corrected chi connectivity index (χ4v) is 2.45. The number of ether oxygens (including phenoxy) is 1. The highest BCUT2D eigenvalue weighted by molar-refractivity contribution is 8.14. The molecule has 1 aliphatic rings. The molecule has 1 aliphatic heterocycles. The molecule has 4 heteroatoms. The highest BCUT2D eigenvalue weighted by Gasteiger charge is 2.15. The van der Waals surface area contributed by atoms with Crippen molar-refractivity contribution in [3.8, 4) is 5.75 Å². The summed E-state index contributed by atoms with van der Waals surface area (Å²) in [4.78, 5) is 4.36. The molecular weight excluding hydrogens is 208 g/mol. The Morgan fingerprint density at radius 1 is 1.53 bits per heavy atom. The second-order valence-electron chi connectivity index (χ2n) is 3.39. The molecule has 0 saturated carbocycles. The lowest BCUT2D eigenvalue weighted by atomic mass is 10.1. The maximum Gasteiger partial charge on any atom is 0.122 e. The van der Waals surface area contributed by atoms with Crippen molar-refractivity contribution in [1.82, 2.24) is 0 Å². The number of para-hydroxylation sites is 1. The topological polar surface area (TPSA) is 47.6 Å². The van der Waals surface area contributed by atoms with Crippen LogP contribution in [-0.2, 0) is 6.42 Å². The molecule has 0 radical (unpaired) electrons. The van der Waals surface area contributed by atoms with Gasteiger partial charge in [0.2, 0.25) is 0 Å². The molecule has 80 valence electrons. The molecule has 2 rings (SSSR count). The number of thioether (sulfide) groups is 1. The Morgan fingerprint density at radius 2 is 2.33 bits per heavy atom. The van der Waals surface area contributed by atoms with Gasteiger partial charge in [0.1, 0.15) is 11.9 Å². The molecular formula is C11H14N2OS. The molecule has 0 aromatic heterocycles. The minimum absolute atomic E-state index is 0.0280. The summed E-state index contributed by atoms with van der Waals surface area (Å²) in [6.45, 7) is 0. The summed E-state index contributed by atoms with van der Waals surface area (Å²) in [6.07, 6.45) is 0.794. The lowest BCUT2D eigenvalue weighted by molar-refractivity contribution is 0.411. The van der Waals surface area contributed by atoms with Gasteiger partial charge in [-0.2, -0.15) is 0 Å². The van der Waals surface area contributed by atoms with Crippen LogP contribution in [0.2, 0.25) is 0 Å². The molecule has 0 fully saturated rings. The first-order valence-corrected chi connectivity index (χ1v) is 5.85. The molecule has 0 bridgehead atoms. The first kappa shape index (κ1) is 10.5. The van der Waals surface area contributed by atoms with E-state index in [-0.39, 0.29) is 6.17 Å². The van der Waals surface area contributed by atoms with Gasteiger partial charge in [0.15, 0.2) is 0 Å². The van der Waals surface area contributed by atoms with Crippen LogP contribution in [0.3, 0.4) is 0 Å². The highest BCUT2D eigenvalue weighted by Crippen LogP contribution is 2.23. The minimum atomic E-state index is -0.0280. The van der Waals surface area contributed by atoms with Crippen molar-refractivity contribution in [1.29, 1.82) is 0 Å². The Hall–Kier alpha value is -1.00. The number of aliphatic imine (C=N–C) groups is 1. The quantitative estimate of drug-likeness (QED) is 0.846. The maximum atomic E-state index is 5.71. The molecule has 1 aromatic carbocycles. The summed E-state index contributed by atoms with van der Waals surface area (Å²) in [5.74, 6) is 1.81. The number of nitrogens with zero attached hydrogens (tertiary/aromatic N) is 1. The third kappa shape index (κ3) is 2.52. The van der Waals surface area contributed by atoms with Crippen molar-refractivity contribution in [3.63, 3.8) is 0 Å². The summed E-state index contributed by atoms with van der Waals surface area (Å²) < 4.78 is 5.29. The summed E-state index contributed by atoms with van der Waals surface area (Å²) in [5, 5.41) is 1.10. The van der Waals surface area contributed by atoms with Gasteiger partial charge in [-0.25, -0.2) is 0 Å². The van der Waals surface area contributed by atoms with Crippen molar-refractivity contribution in [2.45, 2.75) is 12.6 Å². The van der Waals surface area contributed by atoms with Crippen LogP contribution in [0.15, 0.2) is 29.3 Å². The Morgan fingerprint density at radius 3 is 3.00 bits per heavy atom. The van der Waals surface area contributed by atoms with Crippen molar-refractivity contribution in [2.75, 3.05) is 12.9 Å². The van der Waals surface area contributed by atoms with E-state index >= 15 is 0 Å². The molecule has 1 heterocycles. The Bertz CT molecular complexity index is 379. The minimum Gasteiger partial charge on any atom is -0.496 e. The predicted molar refractivity (Wildman–Crippen MR) is 64.6 cm³/mol. The molecule has 0 amide bonds. The van der Waals surface area contributed by atoms with E-state index in [0.717, 1.165) is 23.0 Å². The van der Waals surface area contributed by atoms with Crippen molar-refractivity contribution in [2.24, 2.45) is 10.7 Å². The lowest BCUT2D eigenvalue weighted by Crippen LogP contribution is -2.15. The van der Waals surface area contributed by atoms with E-state index in [4.69, 9.17) is 10.5 Å². The number of benzene rings is 1. The summed E-state index contributed by atoms with van der Waals surface area (Å²) in [7, 11) is 1.69. The van der Waals surface area contributed by atoms with Gasteiger partial charge in [0.05, 0.1) is 12.2 Å². The highest BCUT2D eigenvalue weighted by atomic mass is 32.2. The molecule has 0 saturated heterocycles. The predicted octanol–water partition coefficient (Wildman–Crippen LogP) is 1.67. The van der Waals surface area contributed by atoms with Crippen LogP contribution >= 0.6 is 11.8 Å². The second kappa shape index (κ2) is 4.68. The van der Waals surface area contributed by atoms with Gasteiger partial charge in [-0.05, 0) is 6.07 Å². The Labute approximate surface area is 93.7 Å². The number of hydrogen-bond acceptors (Lipinski definition) is 4. The van der Waals surface area contributed by atoms with Crippen LogP contribution in [0.5, 0.6) is 5.75 Å². The van der Waals surface area contributed by atoms with Crippen LogP contribution in [0.25, 0.3) is 0 Å². The first-order chi connectivity index (χ1) is 7.29. The summed E-state index contributed by atoms with van der Waals surface area (Å²) in [6, 6.07) is 8.01. The van der Waals surface area contributed by atoms with E-state index in [1.54, 1.807) is 18.9 Å². The van der Waals surface area contributed by atoms with Gasteiger partial charge >= 0.3 is 0 Å². The zero-order chi connectivity index (χ0) is 10.7. The van der Waals surface area contributed by atoms with Crippen molar-refractivity contribution >= 4 is 16.8 Å². The van der Waals surface area contributed by atoms with Crippen LogP contribution in [-0.4, -0.2) is 24.1 Å². The van der Waals surface area contributed by atoms with Gasteiger partial charge < -0.3 is 10.5 Å². The zero-order valence-corrected chi connectivity index (χ0v) is 9.46. The fraction of sp³-hybridized carbons (Fsp3) is 0.364. The molecule has 1 atom stereocenters. The molecule has 15 heavy (non-hydrogen) atoms. The third-order valence-electron chi connectivity index (χ3n) is 2.26. The fourth-order valence-electron chi connectivity index (χ4n) is 1.55. The lowest BCUT2D eigenvalue weighted by Gasteiger charge is -2.06. The van der Waals surface area contributed by atoms with E-state index in [1.807, 2.05) is 18.2 Å². The third-order valence-corrected chi connectivity index (χ3v) is 3.36. The Balaban J connectivity index is 2.13. The normalized spacial score (nSPS) is 20.1.